The third-order valence-electron chi connectivity index (χ3n) is 6.33. The van der Waals surface area contributed by atoms with Crippen molar-refractivity contribution in [2.75, 3.05) is 51.3 Å². The number of ether oxygens (including phenoxy) is 1. The Labute approximate surface area is 214 Å². The fourth-order valence-electron chi connectivity index (χ4n) is 4.24. The highest BCUT2D eigenvalue weighted by Crippen LogP contribution is 2.24. The van der Waals surface area contributed by atoms with Gasteiger partial charge in [-0.15, -0.1) is 11.3 Å². The molecule has 9 heteroatoms. The fraction of sp³-hybridized carbons (Fsp3) is 0.296. The van der Waals surface area contributed by atoms with Crippen molar-refractivity contribution in [1.82, 2.24) is 19.2 Å². The summed E-state index contributed by atoms with van der Waals surface area (Å²) >= 11 is 1.62. The molecule has 0 spiro atoms. The molecule has 184 valence electrons. The van der Waals surface area contributed by atoms with Crippen LogP contribution in [-0.4, -0.2) is 71.2 Å². The molecule has 0 atom stereocenters. The number of thiazole rings is 1. The predicted molar refractivity (Wildman–Crippen MR) is 141 cm³/mol. The smallest absolute Gasteiger partial charge is 0.321 e. The fourth-order valence-corrected chi connectivity index (χ4v) is 5.15. The van der Waals surface area contributed by atoms with Crippen molar-refractivity contribution in [3.63, 3.8) is 0 Å². The Bertz CT molecular complexity index is 1340. The number of carbonyl (C=O) groups is 1. The lowest BCUT2D eigenvalue weighted by atomic mass is 10.2. The van der Waals surface area contributed by atoms with E-state index in [-0.39, 0.29) is 6.03 Å². The molecule has 0 unspecified atom stereocenters. The Balaban J connectivity index is 1.28. The molecule has 1 aliphatic heterocycles. The first-order valence-corrected chi connectivity index (χ1v) is 12.9. The highest BCUT2D eigenvalue weighted by Gasteiger charge is 2.18. The maximum atomic E-state index is 13.2. The third kappa shape index (κ3) is 5.74. The normalized spacial score (nSPS) is 14.0. The summed E-state index contributed by atoms with van der Waals surface area (Å²) in [5.74, 6) is 0. The van der Waals surface area contributed by atoms with Crippen LogP contribution in [0.4, 0.5) is 10.5 Å². The van der Waals surface area contributed by atoms with E-state index in [1.807, 2.05) is 23.1 Å². The molecular formula is C27H28N6O2S. The molecule has 36 heavy (non-hydrogen) atoms. The SMILES string of the molecule is N#Cc1ccc(NC(=O)N(CCc2csc3nc(-c4ccccc4)cn23)CCN2CCOCC2)cc1. The third-order valence-corrected chi connectivity index (χ3v) is 7.22. The summed E-state index contributed by atoms with van der Waals surface area (Å²) in [6, 6.07) is 19.1. The number of nitrogens with zero attached hydrogens (tertiary/aromatic N) is 5. The number of aromatic nitrogens is 2. The minimum absolute atomic E-state index is 0.143. The predicted octanol–water partition coefficient (Wildman–Crippen LogP) is 4.34. The number of benzene rings is 2. The molecule has 0 bridgehead atoms. The highest BCUT2D eigenvalue weighted by atomic mass is 32.1. The van der Waals surface area contributed by atoms with Crippen LogP contribution in [0.3, 0.4) is 0 Å². The van der Waals surface area contributed by atoms with Crippen LogP contribution in [0, 0.1) is 11.3 Å². The number of nitrogens with one attached hydrogen (secondary N) is 1. The minimum atomic E-state index is -0.143. The number of imidazole rings is 1. The van der Waals surface area contributed by atoms with Crippen molar-refractivity contribution in [1.29, 1.82) is 5.26 Å². The highest BCUT2D eigenvalue weighted by molar-refractivity contribution is 7.15. The molecule has 0 aliphatic carbocycles. The Morgan fingerprint density at radius 1 is 1.11 bits per heavy atom. The summed E-state index contributed by atoms with van der Waals surface area (Å²) in [6.45, 7) is 5.22. The van der Waals surface area contributed by atoms with E-state index in [0.717, 1.165) is 54.8 Å². The van der Waals surface area contributed by atoms with E-state index in [2.05, 4.69) is 44.4 Å². The summed E-state index contributed by atoms with van der Waals surface area (Å²) in [4.78, 5) is 23.2. The molecule has 3 heterocycles. The van der Waals surface area contributed by atoms with E-state index in [1.165, 1.54) is 0 Å². The molecule has 1 N–H and O–H groups in total. The zero-order valence-electron chi connectivity index (χ0n) is 20.0. The van der Waals surface area contributed by atoms with Gasteiger partial charge in [0.2, 0.25) is 0 Å². The lowest BCUT2D eigenvalue weighted by Gasteiger charge is -2.30. The number of hydrogen-bond donors (Lipinski definition) is 1. The second-order valence-electron chi connectivity index (χ2n) is 8.68. The standard InChI is InChI=1S/C27H28N6O2S/c28-18-21-6-8-23(9-7-21)29-26(34)32(13-12-31-14-16-35-17-15-31)11-10-24-20-36-27-30-25(19-33(24)27)22-4-2-1-3-5-22/h1-9,19-20H,10-17H2,(H,29,34). The summed E-state index contributed by atoms with van der Waals surface area (Å²) in [5, 5.41) is 14.1. The van der Waals surface area contributed by atoms with Crippen LogP contribution in [0.5, 0.6) is 0 Å². The van der Waals surface area contributed by atoms with Crippen LogP contribution in [0.2, 0.25) is 0 Å². The van der Waals surface area contributed by atoms with Gasteiger partial charge in [0, 0.05) is 67.7 Å². The van der Waals surface area contributed by atoms with Gasteiger partial charge in [-0.3, -0.25) is 9.30 Å². The molecular weight excluding hydrogens is 472 g/mol. The monoisotopic (exact) mass is 500 g/mol. The van der Waals surface area contributed by atoms with Crippen molar-refractivity contribution in [3.8, 4) is 17.3 Å². The molecule has 1 saturated heterocycles. The molecule has 5 rings (SSSR count). The maximum Gasteiger partial charge on any atom is 0.321 e. The van der Waals surface area contributed by atoms with Gasteiger partial charge in [-0.1, -0.05) is 30.3 Å². The van der Waals surface area contributed by atoms with Crippen molar-refractivity contribution < 1.29 is 9.53 Å². The zero-order valence-corrected chi connectivity index (χ0v) is 20.8. The maximum absolute atomic E-state index is 13.2. The number of rotatable bonds is 8. The van der Waals surface area contributed by atoms with Gasteiger partial charge in [-0.25, -0.2) is 9.78 Å². The van der Waals surface area contributed by atoms with Gasteiger partial charge in [-0.05, 0) is 24.3 Å². The lowest BCUT2D eigenvalue weighted by Crippen LogP contribution is -2.45. The molecule has 0 saturated carbocycles. The van der Waals surface area contributed by atoms with Gasteiger partial charge in [0.05, 0.1) is 30.5 Å². The van der Waals surface area contributed by atoms with E-state index < -0.39 is 0 Å². The molecule has 1 fully saturated rings. The van der Waals surface area contributed by atoms with Gasteiger partial charge >= 0.3 is 6.03 Å². The Morgan fingerprint density at radius 3 is 2.64 bits per heavy atom. The quantitative estimate of drug-likeness (QED) is 0.389. The number of urea groups is 1. The van der Waals surface area contributed by atoms with E-state index in [1.54, 1.807) is 35.6 Å². The summed E-state index contributed by atoms with van der Waals surface area (Å²) in [7, 11) is 0. The molecule has 2 amide bonds. The van der Waals surface area contributed by atoms with Crippen LogP contribution in [0.1, 0.15) is 11.3 Å². The van der Waals surface area contributed by atoms with Gasteiger partial charge in [0.15, 0.2) is 4.96 Å². The van der Waals surface area contributed by atoms with Gasteiger partial charge in [0.1, 0.15) is 0 Å². The summed E-state index contributed by atoms with van der Waals surface area (Å²) in [6.07, 6.45) is 2.79. The number of carbonyl (C=O) groups excluding carboxylic acids is 1. The van der Waals surface area contributed by atoms with Crippen LogP contribution in [0.25, 0.3) is 16.2 Å². The van der Waals surface area contributed by atoms with E-state index in [0.29, 0.717) is 30.8 Å². The van der Waals surface area contributed by atoms with Gasteiger partial charge in [0.25, 0.3) is 0 Å². The number of morpholine rings is 1. The first kappa shape index (κ1) is 24.0. The number of hydrogen-bond acceptors (Lipinski definition) is 6. The van der Waals surface area contributed by atoms with Crippen molar-refractivity contribution in [2.24, 2.45) is 0 Å². The van der Waals surface area contributed by atoms with Gasteiger partial charge in [-0.2, -0.15) is 5.26 Å². The summed E-state index contributed by atoms with van der Waals surface area (Å²) in [5.41, 5.74) is 4.41. The average Bonchev–Trinajstić information content (AvgIpc) is 3.52. The number of amides is 2. The number of nitriles is 1. The second-order valence-corrected chi connectivity index (χ2v) is 9.52. The van der Waals surface area contributed by atoms with E-state index in [9.17, 15) is 4.79 Å². The lowest BCUT2D eigenvalue weighted by molar-refractivity contribution is 0.0352. The molecule has 0 radical (unpaired) electrons. The van der Waals surface area contributed by atoms with Gasteiger partial charge < -0.3 is 15.0 Å². The minimum Gasteiger partial charge on any atom is -0.379 e. The molecule has 1 aliphatic rings. The largest absolute Gasteiger partial charge is 0.379 e. The first-order valence-electron chi connectivity index (χ1n) is 12.1. The van der Waals surface area contributed by atoms with Crippen LogP contribution >= 0.6 is 11.3 Å². The topological polar surface area (TPSA) is 85.9 Å². The van der Waals surface area contributed by atoms with Crippen molar-refractivity contribution in [2.45, 2.75) is 6.42 Å². The summed E-state index contributed by atoms with van der Waals surface area (Å²) < 4.78 is 7.59. The van der Waals surface area contributed by atoms with E-state index in [4.69, 9.17) is 15.0 Å². The molecule has 4 aromatic rings. The molecule has 2 aromatic heterocycles. The number of anilines is 1. The van der Waals surface area contributed by atoms with Crippen molar-refractivity contribution >= 4 is 28.0 Å². The molecule has 2 aromatic carbocycles. The Kier molecular flexibility index (Phi) is 7.57. The van der Waals surface area contributed by atoms with Crippen LogP contribution in [-0.2, 0) is 11.2 Å². The van der Waals surface area contributed by atoms with Crippen LogP contribution in [0.15, 0.2) is 66.2 Å². The van der Waals surface area contributed by atoms with Crippen LogP contribution < -0.4 is 5.32 Å². The van der Waals surface area contributed by atoms with Crippen molar-refractivity contribution in [3.05, 3.63) is 77.4 Å². The van der Waals surface area contributed by atoms with E-state index >= 15 is 0 Å². The average molecular weight is 501 g/mol. The Hall–Kier alpha value is -3.71. The first-order chi connectivity index (χ1) is 17.7. The number of fused-ring (bicyclic) bond motifs is 1. The Morgan fingerprint density at radius 2 is 1.89 bits per heavy atom. The molecule has 8 nitrogen and oxygen atoms in total. The zero-order chi connectivity index (χ0) is 24.7. The second kappa shape index (κ2) is 11.4.